The molecule has 1 atom stereocenters. The van der Waals surface area contributed by atoms with Crippen molar-refractivity contribution in [2.24, 2.45) is 0 Å². The van der Waals surface area contributed by atoms with Gasteiger partial charge in [0.05, 0.1) is 31.0 Å². The van der Waals surface area contributed by atoms with E-state index in [9.17, 15) is 19.5 Å². The van der Waals surface area contributed by atoms with Crippen LogP contribution in [0.5, 0.6) is 5.75 Å². The second kappa shape index (κ2) is 8.34. The first-order valence-corrected chi connectivity index (χ1v) is 7.46. The van der Waals surface area contributed by atoms with Crippen molar-refractivity contribution < 1.29 is 34.1 Å². The van der Waals surface area contributed by atoms with Crippen LogP contribution >= 0.6 is 0 Å². The first kappa shape index (κ1) is 20.2. The summed E-state index contributed by atoms with van der Waals surface area (Å²) >= 11 is 0. The van der Waals surface area contributed by atoms with Crippen LogP contribution in [0.2, 0.25) is 0 Å². The summed E-state index contributed by atoms with van der Waals surface area (Å²) in [7, 11) is 1.23. The van der Waals surface area contributed by atoms with Gasteiger partial charge in [0.25, 0.3) is 0 Å². The summed E-state index contributed by atoms with van der Waals surface area (Å²) in [4.78, 5) is 34.4. The van der Waals surface area contributed by atoms with Gasteiger partial charge in [0.15, 0.2) is 5.60 Å². The van der Waals surface area contributed by atoms with E-state index in [1.165, 1.54) is 25.3 Å². The Kier molecular flexibility index (Phi) is 6.75. The normalized spacial score (nSPS) is 12.9. The van der Waals surface area contributed by atoms with E-state index in [0.29, 0.717) is 5.75 Å². The van der Waals surface area contributed by atoms with E-state index in [4.69, 9.17) is 9.84 Å². The van der Waals surface area contributed by atoms with Crippen molar-refractivity contribution in [3.8, 4) is 5.75 Å². The van der Waals surface area contributed by atoms with Gasteiger partial charge in [-0.15, -0.1) is 0 Å². The van der Waals surface area contributed by atoms with Gasteiger partial charge in [-0.1, -0.05) is 0 Å². The number of carbonyl (C=O) groups excluding carboxylic acids is 2. The van der Waals surface area contributed by atoms with Crippen LogP contribution in [0, 0.1) is 0 Å². The predicted octanol–water partition coefficient (Wildman–Crippen LogP) is 1.22. The molecule has 138 valence electrons. The Hall–Kier alpha value is -2.81. The number of ether oxygens (including phenoxy) is 2. The molecule has 0 heterocycles. The highest BCUT2D eigenvalue weighted by molar-refractivity contribution is 5.95. The molecule has 2 amide bonds. The summed E-state index contributed by atoms with van der Waals surface area (Å²) in [5, 5.41) is 23.1. The number of hydrogen-bond donors (Lipinski definition) is 4. The molecule has 0 bridgehead atoms. The van der Waals surface area contributed by atoms with Crippen molar-refractivity contribution in [1.82, 2.24) is 5.32 Å². The fraction of sp³-hybridized carbons (Fsp3) is 0.438. The van der Waals surface area contributed by atoms with Crippen LogP contribution < -0.4 is 15.4 Å². The lowest BCUT2D eigenvalue weighted by molar-refractivity contribution is -0.155. The van der Waals surface area contributed by atoms with Crippen LogP contribution in [0.3, 0.4) is 0 Å². The van der Waals surface area contributed by atoms with Gasteiger partial charge in [0.1, 0.15) is 5.75 Å². The maximum atomic E-state index is 12.0. The smallest absolute Gasteiger partial charge is 0.337 e. The minimum Gasteiger partial charge on any atom is -0.489 e. The summed E-state index contributed by atoms with van der Waals surface area (Å²) in [5.74, 6) is -1.74. The summed E-state index contributed by atoms with van der Waals surface area (Å²) in [6.45, 7) is 4.14. The molecule has 0 radical (unpaired) electrons. The van der Waals surface area contributed by atoms with Crippen LogP contribution in [0.1, 0.15) is 31.1 Å². The molecule has 1 rings (SSSR count). The third-order valence-electron chi connectivity index (χ3n) is 3.07. The summed E-state index contributed by atoms with van der Waals surface area (Å²) in [6, 6.07) is 3.60. The van der Waals surface area contributed by atoms with E-state index in [1.54, 1.807) is 13.8 Å². The molecule has 1 aromatic carbocycles. The van der Waals surface area contributed by atoms with E-state index in [-0.39, 0.29) is 17.4 Å². The Labute approximate surface area is 144 Å². The third kappa shape index (κ3) is 5.96. The average Bonchev–Trinajstić information content (AvgIpc) is 2.53. The van der Waals surface area contributed by atoms with Gasteiger partial charge >= 0.3 is 18.0 Å². The second-order valence-electron chi connectivity index (χ2n) is 5.76. The van der Waals surface area contributed by atoms with Gasteiger partial charge in [-0.25, -0.2) is 14.4 Å². The van der Waals surface area contributed by atoms with Crippen molar-refractivity contribution in [2.45, 2.75) is 32.5 Å². The highest BCUT2D eigenvalue weighted by Crippen LogP contribution is 2.27. The number of benzene rings is 1. The maximum absolute atomic E-state index is 12.0. The molecule has 0 saturated heterocycles. The molecule has 0 aliphatic rings. The zero-order chi connectivity index (χ0) is 19.2. The standard InChI is InChI=1S/C16H22N2O7/c1-9(2)25-12-6-5-10(13(19)24-4)7-11(12)18-15(22)17-8-16(3,23)14(20)21/h5-7,9,23H,8H2,1-4H3,(H,20,21)(H2,17,18,22). The van der Waals surface area contributed by atoms with Gasteiger partial charge in [-0.3, -0.25) is 0 Å². The Morgan fingerprint density at radius 3 is 2.44 bits per heavy atom. The van der Waals surface area contributed by atoms with Gasteiger partial charge in [-0.2, -0.15) is 0 Å². The zero-order valence-electron chi connectivity index (χ0n) is 14.5. The number of anilines is 1. The molecule has 0 spiro atoms. The molecule has 0 fully saturated rings. The number of carboxylic acids is 1. The number of aliphatic carboxylic acids is 1. The lowest BCUT2D eigenvalue weighted by atomic mass is 10.1. The van der Waals surface area contributed by atoms with Gasteiger partial charge in [0, 0.05) is 0 Å². The van der Waals surface area contributed by atoms with E-state index >= 15 is 0 Å². The number of carbonyl (C=O) groups is 3. The molecular weight excluding hydrogens is 332 g/mol. The molecule has 9 nitrogen and oxygen atoms in total. The molecule has 0 aliphatic heterocycles. The SMILES string of the molecule is COC(=O)c1ccc(OC(C)C)c(NC(=O)NCC(C)(O)C(=O)O)c1. The van der Waals surface area contributed by atoms with Gasteiger partial charge in [-0.05, 0) is 39.0 Å². The summed E-state index contributed by atoms with van der Waals surface area (Å²) in [5.41, 5.74) is -1.71. The Morgan fingerprint density at radius 2 is 1.92 bits per heavy atom. The summed E-state index contributed by atoms with van der Waals surface area (Å²) < 4.78 is 10.2. The Bertz CT molecular complexity index is 656. The first-order valence-electron chi connectivity index (χ1n) is 7.46. The quantitative estimate of drug-likeness (QED) is 0.541. The highest BCUT2D eigenvalue weighted by atomic mass is 16.5. The minimum atomic E-state index is -2.11. The number of hydrogen-bond acceptors (Lipinski definition) is 6. The van der Waals surface area contributed by atoms with Crippen molar-refractivity contribution in [2.75, 3.05) is 19.0 Å². The molecule has 25 heavy (non-hydrogen) atoms. The van der Waals surface area contributed by atoms with Crippen LogP contribution in [0.25, 0.3) is 0 Å². The lowest BCUT2D eigenvalue weighted by Crippen LogP contribution is -2.47. The number of amides is 2. The summed E-state index contributed by atoms with van der Waals surface area (Å²) in [6.07, 6.45) is -0.180. The minimum absolute atomic E-state index is 0.180. The molecule has 0 saturated carbocycles. The van der Waals surface area contributed by atoms with Crippen molar-refractivity contribution in [3.05, 3.63) is 23.8 Å². The van der Waals surface area contributed by atoms with Gasteiger partial charge in [0.2, 0.25) is 0 Å². The largest absolute Gasteiger partial charge is 0.489 e. The van der Waals surface area contributed by atoms with E-state index in [2.05, 4.69) is 15.4 Å². The average molecular weight is 354 g/mol. The van der Waals surface area contributed by atoms with Crippen molar-refractivity contribution >= 4 is 23.7 Å². The predicted molar refractivity (Wildman–Crippen MR) is 88.8 cm³/mol. The van der Waals surface area contributed by atoms with E-state index in [1.807, 2.05) is 0 Å². The topological polar surface area (TPSA) is 134 Å². The molecule has 0 aliphatic carbocycles. The lowest BCUT2D eigenvalue weighted by Gasteiger charge is -2.19. The molecule has 1 unspecified atom stereocenters. The van der Waals surface area contributed by atoms with Crippen LogP contribution in [-0.4, -0.2) is 53.5 Å². The zero-order valence-corrected chi connectivity index (χ0v) is 14.5. The molecule has 1 aromatic rings. The number of esters is 1. The number of urea groups is 1. The van der Waals surface area contributed by atoms with E-state index < -0.39 is 30.1 Å². The number of nitrogens with one attached hydrogen (secondary N) is 2. The number of rotatable bonds is 7. The fourth-order valence-electron chi connectivity index (χ4n) is 1.72. The third-order valence-corrected chi connectivity index (χ3v) is 3.07. The second-order valence-corrected chi connectivity index (χ2v) is 5.76. The molecule has 0 aromatic heterocycles. The fourth-order valence-corrected chi connectivity index (χ4v) is 1.72. The molecule has 9 heteroatoms. The Balaban J connectivity index is 2.94. The number of aliphatic hydroxyl groups is 1. The van der Waals surface area contributed by atoms with Crippen molar-refractivity contribution in [3.63, 3.8) is 0 Å². The van der Waals surface area contributed by atoms with Crippen LogP contribution in [0.4, 0.5) is 10.5 Å². The molecular formula is C16H22N2O7. The van der Waals surface area contributed by atoms with Crippen LogP contribution in [-0.2, 0) is 9.53 Å². The number of carboxylic acid groups (broad SMARTS) is 1. The van der Waals surface area contributed by atoms with Crippen molar-refractivity contribution in [1.29, 1.82) is 0 Å². The number of methoxy groups -OCH3 is 1. The Morgan fingerprint density at radius 1 is 1.28 bits per heavy atom. The molecule has 4 N–H and O–H groups in total. The van der Waals surface area contributed by atoms with Gasteiger partial charge < -0.3 is 30.3 Å². The maximum Gasteiger partial charge on any atom is 0.337 e. The highest BCUT2D eigenvalue weighted by Gasteiger charge is 2.30. The monoisotopic (exact) mass is 354 g/mol. The van der Waals surface area contributed by atoms with E-state index in [0.717, 1.165) is 6.92 Å². The first-order chi connectivity index (χ1) is 11.6. The van der Waals surface area contributed by atoms with Crippen LogP contribution in [0.15, 0.2) is 18.2 Å².